The molecule has 0 N–H and O–H groups in total. The van der Waals surface area contributed by atoms with Gasteiger partial charge in [-0.25, -0.2) is 0 Å². The summed E-state index contributed by atoms with van der Waals surface area (Å²) in [6, 6.07) is 58.6. The Labute approximate surface area is 284 Å². The van der Waals surface area contributed by atoms with Crippen molar-refractivity contribution < 1.29 is 0 Å². The lowest BCUT2D eigenvalue weighted by atomic mass is 9.68. The van der Waals surface area contributed by atoms with Gasteiger partial charge < -0.3 is 9.13 Å². The molecule has 0 amide bonds. The summed E-state index contributed by atoms with van der Waals surface area (Å²) < 4.78 is 4.89. The van der Waals surface area contributed by atoms with Gasteiger partial charge in [-0.3, -0.25) is 0 Å². The fourth-order valence-electron chi connectivity index (χ4n) is 9.05. The highest BCUT2D eigenvalue weighted by molar-refractivity contribution is 6.26. The molecular formula is C47H32N2. The van der Waals surface area contributed by atoms with E-state index < -0.39 is 0 Å². The third kappa shape index (κ3) is 3.50. The van der Waals surface area contributed by atoms with Gasteiger partial charge in [-0.2, -0.15) is 0 Å². The predicted molar refractivity (Wildman–Crippen MR) is 208 cm³/mol. The maximum atomic E-state index is 2.50. The molecule has 2 aromatic heterocycles. The quantitative estimate of drug-likeness (QED) is 0.181. The van der Waals surface area contributed by atoms with Crippen molar-refractivity contribution >= 4 is 65.2 Å². The van der Waals surface area contributed by atoms with Crippen molar-refractivity contribution in [3.63, 3.8) is 0 Å². The summed E-state index contributed by atoms with van der Waals surface area (Å²) in [6.07, 6.45) is 0. The first-order valence-corrected chi connectivity index (χ1v) is 17.2. The maximum absolute atomic E-state index is 2.50. The van der Waals surface area contributed by atoms with Crippen molar-refractivity contribution in [3.05, 3.63) is 169 Å². The molecule has 230 valence electrons. The fourth-order valence-corrected chi connectivity index (χ4v) is 9.05. The van der Waals surface area contributed by atoms with E-state index in [4.69, 9.17) is 0 Å². The molecule has 0 saturated carbocycles. The first-order valence-electron chi connectivity index (χ1n) is 17.2. The Bertz CT molecular complexity index is 2950. The first kappa shape index (κ1) is 26.9. The molecule has 1 aliphatic carbocycles. The second kappa shape index (κ2) is 9.49. The third-order valence-corrected chi connectivity index (χ3v) is 11.2. The summed E-state index contributed by atoms with van der Waals surface area (Å²) >= 11 is 0. The minimum Gasteiger partial charge on any atom is -0.309 e. The molecule has 0 radical (unpaired) electrons. The second-order valence-electron chi connectivity index (χ2n) is 14.2. The van der Waals surface area contributed by atoms with Crippen LogP contribution in [0.2, 0.25) is 0 Å². The average Bonchev–Trinajstić information content (AvgIpc) is 3.64. The van der Waals surface area contributed by atoms with Crippen LogP contribution in [0.1, 0.15) is 25.0 Å². The molecule has 1 aliphatic rings. The van der Waals surface area contributed by atoms with Crippen LogP contribution in [0.5, 0.6) is 0 Å². The average molecular weight is 625 g/mol. The molecule has 0 spiro atoms. The molecule has 2 heterocycles. The Balaban J connectivity index is 1.25. The lowest BCUT2D eigenvalue weighted by molar-refractivity contribution is 0.645. The minimum atomic E-state index is -0.0928. The smallest absolute Gasteiger partial charge is 0.0553 e. The SMILES string of the molecule is CC1(C)c2ccccc2-c2c3c1cccc3cc1c2c2cc3ccccc3cc2n1-c1ccc(-n2c3ccccc3c3ccccc32)cc1. The van der Waals surface area contributed by atoms with Gasteiger partial charge in [0.1, 0.15) is 0 Å². The van der Waals surface area contributed by atoms with Crippen molar-refractivity contribution in [2.45, 2.75) is 19.3 Å². The van der Waals surface area contributed by atoms with Crippen LogP contribution in [0.15, 0.2) is 158 Å². The third-order valence-electron chi connectivity index (χ3n) is 11.2. The van der Waals surface area contributed by atoms with Crippen molar-refractivity contribution in [2.75, 3.05) is 0 Å². The summed E-state index contributed by atoms with van der Waals surface area (Å²) in [5, 5.41) is 10.4. The van der Waals surface area contributed by atoms with Gasteiger partial charge in [0.05, 0.1) is 22.1 Å². The number of hydrogen-bond donors (Lipinski definition) is 0. The van der Waals surface area contributed by atoms with Crippen LogP contribution >= 0.6 is 0 Å². The van der Waals surface area contributed by atoms with Crippen molar-refractivity contribution in [1.82, 2.24) is 9.13 Å². The summed E-state index contributed by atoms with van der Waals surface area (Å²) in [5.74, 6) is 0. The molecule has 0 unspecified atom stereocenters. The van der Waals surface area contributed by atoms with E-state index >= 15 is 0 Å². The molecule has 10 aromatic rings. The van der Waals surface area contributed by atoms with Crippen LogP contribution in [0.3, 0.4) is 0 Å². The van der Waals surface area contributed by atoms with E-state index in [9.17, 15) is 0 Å². The second-order valence-corrected chi connectivity index (χ2v) is 14.2. The first-order chi connectivity index (χ1) is 24.1. The molecule has 0 bridgehead atoms. The Morgan fingerprint density at radius 2 is 0.918 bits per heavy atom. The van der Waals surface area contributed by atoms with Crippen molar-refractivity contribution in [3.8, 4) is 22.5 Å². The molecule has 8 aromatic carbocycles. The van der Waals surface area contributed by atoms with E-state index in [1.54, 1.807) is 0 Å². The number of nitrogens with zero attached hydrogens (tertiary/aromatic N) is 2. The number of aromatic nitrogens is 2. The van der Waals surface area contributed by atoms with E-state index in [1.807, 2.05) is 0 Å². The number of rotatable bonds is 2. The molecule has 0 fully saturated rings. The van der Waals surface area contributed by atoms with Crippen LogP contribution in [-0.2, 0) is 5.41 Å². The molecule has 2 heteroatoms. The lowest BCUT2D eigenvalue weighted by Crippen LogP contribution is -2.23. The zero-order chi connectivity index (χ0) is 32.4. The van der Waals surface area contributed by atoms with Crippen LogP contribution in [0.25, 0.3) is 87.7 Å². The van der Waals surface area contributed by atoms with Gasteiger partial charge in [-0.1, -0.05) is 117 Å². The van der Waals surface area contributed by atoms with Crippen LogP contribution < -0.4 is 0 Å². The fraction of sp³-hybridized carbons (Fsp3) is 0.0638. The summed E-state index contributed by atoms with van der Waals surface area (Å²) in [6.45, 7) is 4.76. The largest absolute Gasteiger partial charge is 0.309 e. The van der Waals surface area contributed by atoms with Crippen LogP contribution in [0.4, 0.5) is 0 Å². The Kier molecular flexibility index (Phi) is 5.21. The van der Waals surface area contributed by atoms with Gasteiger partial charge in [0, 0.05) is 43.9 Å². The summed E-state index contributed by atoms with van der Waals surface area (Å²) in [4.78, 5) is 0. The number of hydrogen-bond acceptors (Lipinski definition) is 0. The normalized spacial score (nSPS) is 13.7. The molecule has 0 atom stereocenters. The van der Waals surface area contributed by atoms with Gasteiger partial charge >= 0.3 is 0 Å². The zero-order valence-corrected chi connectivity index (χ0v) is 27.4. The summed E-state index contributed by atoms with van der Waals surface area (Å²) in [5.41, 5.74) is 12.6. The van der Waals surface area contributed by atoms with E-state index in [-0.39, 0.29) is 5.41 Å². The van der Waals surface area contributed by atoms with Gasteiger partial charge in [-0.15, -0.1) is 0 Å². The van der Waals surface area contributed by atoms with E-state index in [2.05, 4.69) is 181 Å². The number of benzene rings is 8. The van der Waals surface area contributed by atoms with Crippen molar-refractivity contribution in [2.24, 2.45) is 0 Å². The van der Waals surface area contributed by atoms with Crippen LogP contribution in [0, 0.1) is 0 Å². The summed E-state index contributed by atoms with van der Waals surface area (Å²) in [7, 11) is 0. The van der Waals surface area contributed by atoms with Gasteiger partial charge in [0.2, 0.25) is 0 Å². The topological polar surface area (TPSA) is 9.86 Å². The highest BCUT2D eigenvalue weighted by Crippen LogP contribution is 2.53. The molecule has 49 heavy (non-hydrogen) atoms. The van der Waals surface area contributed by atoms with Crippen LogP contribution in [-0.4, -0.2) is 9.13 Å². The highest BCUT2D eigenvalue weighted by atomic mass is 15.0. The van der Waals surface area contributed by atoms with Crippen molar-refractivity contribution in [1.29, 1.82) is 0 Å². The van der Waals surface area contributed by atoms with E-state index in [0.29, 0.717) is 0 Å². The molecule has 0 aliphatic heterocycles. The predicted octanol–water partition coefficient (Wildman–Crippen LogP) is 12.5. The maximum Gasteiger partial charge on any atom is 0.0553 e. The van der Waals surface area contributed by atoms with Gasteiger partial charge in [-0.05, 0) is 92.8 Å². The van der Waals surface area contributed by atoms with Gasteiger partial charge in [0.15, 0.2) is 0 Å². The van der Waals surface area contributed by atoms with Gasteiger partial charge in [0.25, 0.3) is 0 Å². The highest BCUT2D eigenvalue weighted by Gasteiger charge is 2.35. The van der Waals surface area contributed by atoms with E-state index in [0.717, 1.165) is 11.4 Å². The Morgan fingerprint density at radius 3 is 1.63 bits per heavy atom. The Hall–Kier alpha value is -6.12. The number of para-hydroxylation sites is 2. The number of fused-ring (bicyclic) bond motifs is 10. The van der Waals surface area contributed by atoms with E-state index in [1.165, 1.54) is 87.4 Å². The molecular weight excluding hydrogens is 593 g/mol. The molecule has 11 rings (SSSR count). The zero-order valence-electron chi connectivity index (χ0n) is 27.4. The monoisotopic (exact) mass is 624 g/mol. The molecule has 2 nitrogen and oxygen atoms in total. The Morgan fingerprint density at radius 1 is 0.388 bits per heavy atom. The minimum absolute atomic E-state index is 0.0928. The molecule has 0 saturated heterocycles. The standard InChI is InChI=1S/C47H32N2/c1-47(2)38-18-8-5-17-36(38)46-44-31(14-11-19-39(44)47)28-43-45(46)37-26-29-12-3-4-13-30(29)27-42(37)49(43)33-24-22-32(23-25-33)48-40-20-9-6-15-34(40)35-16-7-10-21-41(35)48/h3-28H,1-2H3. The lowest BCUT2D eigenvalue weighted by Gasteiger charge is -2.35.